The van der Waals surface area contributed by atoms with Gasteiger partial charge in [0.25, 0.3) is 5.56 Å². The van der Waals surface area contributed by atoms with Crippen LogP contribution in [0.15, 0.2) is 33.9 Å². The molecule has 0 bridgehead atoms. The van der Waals surface area contributed by atoms with Crippen LogP contribution in [0.5, 0.6) is 5.75 Å². The van der Waals surface area contributed by atoms with Crippen LogP contribution >= 0.6 is 0 Å². The number of hydroxylamine groups is 1. The average molecular weight is 641 g/mol. The fourth-order valence-corrected chi connectivity index (χ4v) is 5.38. The highest BCUT2D eigenvalue weighted by Crippen LogP contribution is 2.39. The number of carbonyl (C=O) groups excluding carboxylic acids is 2. The van der Waals surface area contributed by atoms with E-state index in [1.165, 1.54) is 37.3 Å². The van der Waals surface area contributed by atoms with Crippen molar-refractivity contribution in [2.24, 2.45) is 12.8 Å². The predicted molar refractivity (Wildman–Crippen MR) is 154 cm³/mol. The number of halogens is 3. The molecule has 17 heteroatoms. The van der Waals surface area contributed by atoms with Crippen molar-refractivity contribution in [1.82, 2.24) is 14.0 Å². The van der Waals surface area contributed by atoms with E-state index in [0.717, 1.165) is 4.57 Å². The van der Waals surface area contributed by atoms with Gasteiger partial charge in [-0.3, -0.25) is 27.8 Å². The van der Waals surface area contributed by atoms with Crippen LogP contribution in [0, 0.1) is 11.8 Å². The zero-order chi connectivity index (χ0) is 32.3. The van der Waals surface area contributed by atoms with E-state index in [4.69, 9.17) is 15.3 Å². The van der Waals surface area contributed by atoms with Crippen molar-refractivity contribution in [1.29, 1.82) is 0 Å². The maximum absolute atomic E-state index is 14.0. The van der Waals surface area contributed by atoms with Gasteiger partial charge >= 0.3 is 17.8 Å². The van der Waals surface area contributed by atoms with Crippen LogP contribution in [0.2, 0.25) is 0 Å². The van der Waals surface area contributed by atoms with Crippen LogP contribution in [-0.2, 0) is 34.0 Å². The standard InChI is InChI=1S/C27H31F3N6O7S/c1-4-5-13-34-21-22(36(43-24(39)27(28,29)30)25(34)33-12-8-9-17(31)14-33)32(2)26(40)35(23(21)38)15-19(37)18-10-6-7-11-20(18)42-16-44(3)41/h6-7,10-11,17,25H,8-9,12-16,31H2,1-3H3. The molecule has 2 aliphatic heterocycles. The summed E-state index contributed by atoms with van der Waals surface area (Å²) in [5.74, 6) is 1.66. The zero-order valence-corrected chi connectivity index (χ0v) is 24.9. The lowest BCUT2D eigenvalue weighted by Gasteiger charge is -2.41. The van der Waals surface area contributed by atoms with Gasteiger partial charge < -0.3 is 20.2 Å². The highest BCUT2D eigenvalue weighted by Gasteiger charge is 2.51. The highest BCUT2D eigenvalue weighted by atomic mass is 32.2. The minimum atomic E-state index is -5.39. The van der Waals surface area contributed by atoms with E-state index in [9.17, 15) is 36.6 Å². The van der Waals surface area contributed by atoms with Crippen LogP contribution in [0.25, 0.3) is 0 Å². The number of carbonyl (C=O) groups is 2. The minimum absolute atomic E-state index is 0.0158. The molecule has 2 aromatic rings. The van der Waals surface area contributed by atoms with E-state index < -0.39 is 58.6 Å². The highest BCUT2D eigenvalue weighted by molar-refractivity contribution is 7.84. The lowest BCUT2D eigenvalue weighted by Crippen LogP contribution is -2.60. The van der Waals surface area contributed by atoms with Gasteiger partial charge in [0.05, 0.1) is 29.5 Å². The molecule has 1 saturated heterocycles. The largest absolute Gasteiger partial charge is 0.493 e. The second-order valence-corrected chi connectivity index (χ2v) is 11.5. The Morgan fingerprint density at radius 2 is 1.91 bits per heavy atom. The number of piperidine rings is 1. The van der Waals surface area contributed by atoms with Gasteiger partial charge in [-0.15, -0.1) is 11.0 Å². The first-order chi connectivity index (χ1) is 20.8. The first-order valence-corrected chi connectivity index (χ1v) is 15.1. The second-order valence-electron chi connectivity index (χ2n) is 10.2. The van der Waals surface area contributed by atoms with Crippen molar-refractivity contribution in [3.63, 3.8) is 0 Å². The van der Waals surface area contributed by atoms with Gasteiger partial charge in [-0.1, -0.05) is 18.1 Å². The number of ether oxygens (including phenoxy) is 1. The first-order valence-electron chi connectivity index (χ1n) is 13.4. The SMILES string of the molecule is CC#CCN1c2c(n(C)c(=O)n(CC(=O)c3ccccc3OCS(C)=O)c2=O)N(OC(=O)C(F)(F)F)C1N1CCCC(N)C1. The van der Waals surface area contributed by atoms with Crippen LogP contribution in [-0.4, -0.2) is 80.3 Å². The van der Waals surface area contributed by atoms with E-state index in [1.807, 2.05) is 0 Å². The number of hydrogen-bond donors (Lipinski definition) is 1. The molecule has 0 spiro atoms. The van der Waals surface area contributed by atoms with Crippen LogP contribution in [0.4, 0.5) is 24.7 Å². The van der Waals surface area contributed by atoms with E-state index in [1.54, 1.807) is 17.0 Å². The fourth-order valence-electron chi connectivity index (χ4n) is 5.09. The molecule has 0 saturated carbocycles. The van der Waals surface area contributed by atoms with Gasteiger partial charge in [-0.2, -0.15) is 13.2 Å². The Morgan fingerprint density at radius 1 is 1.20 bits per heavy atom. The summed E-state index contributed by atoms with van der Waals surface area (Å²) in [4.78, 5) is 60.8. The summed E-state index contributed by atoms with van der Waals surface area (Å²) in [5, 5.41) is 0.587. The molecule has 1 aromatic heterocycles. The molecule has 3 atom stereocenters. The van der Waals surface area contributed by atoms with Gasteiger partial charge in [-0.05, 0) is 31.9 Å². The number of ketones is 1. The predicted octanol–water partition coefficient (Wildman–Crippen LogP) is 0.522. The number of nitrogens with two attached hydrogens (primary N) is 1. The molecule has 0 radical (unpaired) electrons. The number of para-hydroxylation sites is 1. The van der Waals surface area contributed by atoms with Crippen LogP contribution < -0.4 is 31.7 Å². The molecular formula is C27H31F3N6O7S. The van der Waals surface area contributed by atoms with Gasteiger partial charge in [0.2, 0.25) is 0 Å². The Hall–Kier alpha value is -4.14. The van der Waals surface area contributed by atoms with Crippen LogP contribution in [0.1, 0.15) is 30.1 Å². The number of Topliss-reactive ketones (excluding diaryl/α,β-unsaturated/α-hetero) is 1. The normalized spacial score (nSPS) is 19.2. The number of nitrogens with zero attached hydrogens (tertiary/aromatic N) is 5. The summed E-state index contributed by atoms with van der Waals surface area (Å²) >= 11 is 0. The first kappa shape index (κ1) is 32.8. The number of benzene rings is 1. The number of fused-ring (bicyclic) bond motifs is 1. The number of hydrogen-bond acceptors (Lipinski definition) is 11. The molecule has 4 rings (SSSR count). The molecule has 238 valence electrons. The molecule has 1 fully saturated rings. The summed E-state index contributed by atoms with van der Waals surface area (Å²) < 4.78 is 58.7. The Kier molecular flexibility index (Phi) is 9.86. The average Bonchev–Trinajstić information content (AvgIpc) is 3.29. The summed E-state index contributed by atoms with van der Waals surface area (Å²) in [7, 11) is -0.168. The number of rotatable bonds is 9. The maximum Gasteiger partial charge on any atom is 0.493 e. The van der Waals surface area contributed by atoms with Gasteiger partial charge in [0.1, 0.15) is 5.75 Å². The smallest absolute Gasteiger partial charge is 0.480 e. The van der Waals surface area contributed by atoms with Crippen molar-refractivity contribution in [3.05, 3.63) is 50.7 Å². The molecule has 0 aliphatic carbocycles. The van der Waals surface area contributed by atoms with Crippen molar-refractivity contribution in [3.8, 4) is 17.6 Å². The monoisotopic (exact) mass is 640 g/mol. The lowest BCUT2D eigenvalue weighted by molar-refractivity contribution is -0.203. The van der Waals surface area contributed by atoms with E-state index in [2.05, 4.69) is 11.8 Å². The Bertz CT molecular complexity index is 1650. The third kappa shape index (κ3) is 6.66. The number of alkyl halides is 3. The number of likely N-dealkylation sites (tertiary alicyclic amines) is 1. The molecule has 0 amide bonds. The van der Waals surface area contributed by atoms with E-state index in [-0.39, 0.29) is 42.1 Å². The van der Waals surface area contributed by atoms with Gasteiger partial charge in [-0.25, -0.2) is 9.59 Å². The molecule has 3 heterocycles. The summed E-state index contributed by atoms with van der Waals surface area (Å²) in [6, 6.07) is 5.64. The van der Waals surface area contributed by atoms with Crippen molar-refractivity contribution >= 4 is 34.1 Å². The Balaban J connectivity index is 1.86. The maximum atomic E-state index is 14.0. The number of anilines is 2. The second kappa shape index (κ2) is 13.2. The summed E-state index contributed by atoms with van der Waals surface area (Å²) in [6.45, 7) is 1.06. The molecule has 1 aromatic carbocycles. The van der Waals surface area contributed by atoms with E-state index >= 15 is 0 Å². The van der Waals surface area contributed by atoms with Gasteiger partial charge in [0.15, 0.2) is 29.5 Å². The topological polar surface area (TPSA) is 149 Å². The Morgan fingerprint density at radius 3 is 2.55 bits per heavy atom. The van der Waals surface area contributed by atoms with Gasteiger partial charge in [0, 0.05) is 32.4 Å². The molecule has 2 aliphatic rings. The molecule has 2 N–H and O–H groups in total. The molecular weight excluding hydrogens is 609 g/mol. The summed E-state index contributed by atoms with van der Waals surface area (Å²) in [6.07, 6.45) is -4.09. The summed E-state index contributed by atoms with van der Waals surface area (Å²) in [5.41, 5.74) is 3.80. The number of aromatic nitrogens is 2. The lowest BCUT2D eigenvalue weighted by atomic mass is 10.1. The fraction of sp³-hybridized carbons (Fsp3) is 0.481. The molecule has 44 heavy (non-hydrogen) atoms. The Labute approximate surface area is 252 Å². The van der Waals surface area contributed by atoms with Crippen LogP contribution in [0.3, 0.4) is 0 Å². The minimum Gasteiger partial charge on any atom is -0.480 e. The van der Waals surface area contributed by atoms with Crippen molar-refractivity contribution in [2.75, 3.05) is 41.8 Å². The van der Waals surface area contributed by atoms with Crippen molar-refractivity contribution < 1.29 is 36.5 Å². The van der Waals surface area contributed by atoms with Crippen molar-refractivity contribution in [2.45, 2.75) is 44.8 Å². The molecule has 13 nitrogen and oxygen atoms in total. The zero-order valence-electron chi connectivity index (χ0n) is 24.1. The third-order valence-corrected chi connectivity index (χ3v) is 7.45. The third-order valence-electron chi connectivity index (χ3n) is 7.00. The molecule has 3 unspecified atom stereocenters. The van der Waals surface area contributed by atoms with E-state index in [0.29, 0.717) is 29.0 Å². The quantitative estimate of drug-likeness (QED) is 0.302.